The number of piperidine rings is 1. The molecule has 0 radical (unpaired) electrons. The molecule has 92 valence electrons. The monoisotopic (exact) mass is 235 g/mol. The van der Waals surface area contributed by atoms with E-state index in [0.29, 0.717) is 0 Å². The maximum Gasteiger partial charge on any atom is 0.269 e. The minimum atomic E-state index is -0.356. The Hall–Kier alpha value is -1.46. The lowest BCUT2D eigenvalue weighted by atomic mass is 10.1. The van der Waals surface area contributed by atoms with Gasteiger partial charge in [0.05, 0.1) is 4.92 Å². The lowest BCUT2D eigenvalue weighted by Gasteiger charge is -2.30. The second-order valence-corrected chi connectivity index (χ2v) is 4.56. The third-order valence-electron chi connectivity index (χ3n) is 3.07. The van der Waals surface area contributed by atoms with Gasteiger partial charge >= 0.3 is 0 Å². The Labute approximate surface area is 100 Å². The van der Waals surface area contributed by atoms with Crippen LogP contribution in [0.4, 0.5) is 5.69 Å². The van der Waals surface area contributed by atoms with Gasteiger partial charge in [-0.3, -0.25) is 15.0 Å². The molecule has 17 heavy (non-hydrogen) atoms. The summed E-state index contributed by atoms with van der Waals surface area (Å²) in [5.74, 6) is 0. The number of hydrogen-bond donors (Lipinski definition) is 1. The van der Waals surface area contributed by atoms with Gasteiger partial charge in [0.2, 0.25) is 0 Å². The summed E-state index contributed by atoms with van der Waals surface area (Å²) in [6, 6.07) is 7.05. The Bertz CT molecular complexity index is 408. The normalized spacial score (nSPS) is 21.4. The highest BCUT2D eigenvalue weighted by atomic mass is 16.6. The maximum atomic E-state index is 10.7. The predicted molar refractivity (Wildman–Crippen MR) is 65.6 cm³/mol. The Morgan fingerprint density at radius 3 is 3.06 bits per heavy atom. The fourth-order valence-corrected chi connectivity index (χ4v) is 2.26. The zero-order valence-electron chi connectivity index (χ0n) is 9.71. The van der Waals surface area contributed by atoms with Crippen molar-refractivity contribution >= 4 is 5.69 Å². The molecule has 1 saturated heterocycles. The highest BCUT2D eigenvalue weighted by Crippen LogP contribution is 2.17. The van der Waals surface area contributed by atoms with Crippen molar-refractivity contribution in [2.45, 2.75) is 25.4 Å². The van der Waals surface area contributed by atoms with Gasteiger partial charge in [0.15, 0.2) is 0 Å². The molecule has 1 aromatic rings. The molecule has 5 nitrogen and oxygen atoms in total. The van der Waals surface area contributed by atoms with Crippen LogP contribution in [0.5, 0.6) is 0 Å². The summed E-state index contributed by atoms with van der Waals surface area (Å²) in [6.45, 7) is 2.65. The molecule has 1 aliphatic heterocycles. The molecular formula is C12H17N3O2. The van der Waals surface area contributed by atoms with Crippen LogP contribution in [0.3, 0.4) is 0 Å². The van der Waals surface area contributed by atoms with Crippen LogP contribution in [0.1, 0.15) is 18.4 Å². The zero-order chi connectivity index (χ0) is 12.3. The lowest BCUT2D eigenvalue weighted by molar-refractivity contribution is -0.384. The second-order valence-electron chi connectivity index (χ2n) is 4.56. The van der Waals surface area contributed by atoms with Crippen molar-refractivity contribution in [1.82, 2.24) is 4.90 Å². The Morgan fingerprint density at radius 2 is 2.35 bits per heavy atom. The SMILES string of the molecule is NC1CCCN(Cc2cccc([N+](=O)[O-])c2)C1. The first-order valence-electron chi connectivity index (χ1n) is 5.86. The van der Waals surface area contributed by atoms with Gasteiger partial charge in [-0.2, -0.15) is 0 Å². The van der Waals surface area contributed by atoms with Crippen LogP contribution in [0.25, 0.3) is 0 Å². The first kappa shape index (κ1) is 12.0. The van der Waals surface area contributed by atoms with Crippen molar-refractivity contribution in [3.63, 3.8) is 0 Å². The fourth-order valence-electron chi connectivity index (χ4n) is 2.26. The quantitative estimate of drug-likeness (QED) is 0.636. The highest BCUT2D eigenvalue weighted by Gasteiger charge is 2.17. The second kappa shape index (κ2) is 5.25. The molecule has 0 saturated carbocycles. The summed E-state index contributed by atoms with van der Waals surface area (Å²) in [4.78, 5) is 12.6. The topological polar surface area (TPSA) is 72.4 Å². The van der Waals surface area contributed by atoms with E-state index in [4.69, 9.17) is 5.73 Å². The molecule has 1 aromatic carbocycles. The third kappa shape index (κ3) is 3.25. The number of nitro groups is 1. The number of nitro benzene ring substituents is 1. The van der Waals surface area contributed by atoms with Crippen LogP contribution in [-0.4, -0.2) is 29.0 Å². The van der Waals surface area contributed by atoms with Gasteiger partial charge in [-0.05, 0) is 24.9 Å². The number of rotatable bonds is 3. The molecule has 0 amide bonds. The molecular weight excluding hydrogens is 218 g/mol. The van der Waals surface area contributed by atoms with Gasteiger partial charge in [-0.25, -0.2) is 0 Å². The Kier molecular flexibility index (Phi) is 3.71. The number of benzene rings is 1. The molecule has 2 rings (SSSR count). The van der Waals surface area contributed by atoms with E-state index in [2.05, 4.69) is 4.90 Å². The van der Waals surface area contributed by atoms with Gasteiger partial charge in [0.1, 0.15) is 0 Å². The van der Waals surface area contributed by atoms with Crippen LogP contribution in [0.2, 0.25) is 0 Å². The number of hydrogen-bond acceptors (Lipinski definition) is 4. The average Bonchev–Trinajstić information content (AvgIpc) is 2.29. The summed E-state index contributed by atoms with van der Waals surface area (Å²) >= 11 is 0. The molecule has 1 unspecified atom stereocenters. The summed E-state index contributed by atoms with van der Waals surface area (Å²) in [5.41, 5.74) is 7.04. The van der Waals surface area contributed by atoms with Gasteiger partial charge < -0.3 is 5.73 Å². The van der Waals surface area contributed by atoms with E-state index < -0.39 is 0 Å². The van der Waals surface area contributed by atoms with Gasteiger partial charge in [-0.1, -0.05) is 12.1 Å². The minimum Gasteiger partial charge on any atom is -0.327 e. The number of non-ortho nitro benzene ring substituents is 1. The minimum absolute atomic E-state index is 0.156. The molecule has 0 aliphatic carbocycles. The summed E-state index contributed by atoms with van der Waals surface area (Å²) in [6.07, 6.45) is 2.18. The van der Waals surface area contributed by atoms with Crippen LogP contribution >= 0.6 is 0 Å². The van der Waals surface area contributed by atoms with Crippen molar-refractivity contribution in [3.8, 4) is 0 Å². The largest absolute Gasteiger partial charge is 0.327 e. The molecule has 0 spiro atoms. The smallest absolute Gasteiger partial charge is 0.269 e. The van der Waals surface area contributed by atoms with E-state index in [0.717, 1.165) is 38.0 Å². The molecule has 5 heteroatoms. The van der Waals surface area contributed by atoms with E-state index in [9.17, 15) is 10.1 Å². The van der Waals surface area contributed by atoms with Gasteiger partial charge in [0.25, 0.3) is 5.69 Å². The van der Waals surface area contributed by atoms with Crippen LogP contribution < -0.4 is 5.73 Å². The molecule has 0 bridgehead atoms. The summed E-state index contributed by atoms with van der Waals surface area (Å²) in [5, 5.41) is 10.7. The number of nitrogens with two attached hydrogens (primary N) is 1. The van der Waals surface area contributed by atoms with Crippen molar-refractivity contribution in [1.29, 1.82) is 0 Å². The third-order valence-corrected chi connectivity index (χ3v) is 3.07. The van der Waals surface area contributed by atoms with Gasteiger partial charge in [0, 0.05) is 31.3 Å². The Balaban J connectivity index is 2.02. The van der Waals surface area contributed by atoms with E-state index in [1.807, 2.05) is 6.07 Å². The highest BCUT2D eigenvalue weighted by molar-refractivity contribution is 5.34. The molecule has 1 aliphatic rings. The molecule has 0 aromatic heterocycles. The van der Waals surface area contributed by atoms with E-state index in [-0.39, 0.29) is 16.7 Å². The summed E-state index contributed by atoms with van der Waals surface area (Å²) in [7, 11) is 0. The van der Waals surface area contributed by atoms with Crippen molar-refractivity contribution in [3.05, 3.63) is 39.9 Å². The summed E-state index contributed by atoms with van der Waals surface area (Å²) < 4.78 is 0. The van der Waals surface area contributed by atoms with E-state index >= 15 is 0 Å². The molecule has 1 heterocycles. The van der Waals surface area contributed by atoms with Crippen LogP contribution in [0.15, 0.2) is 24.3 Å². The van der Waals surface area contributed by atoms with Gasteiger partial charge in [-0.15, -0.1) is 0 Å². The molecule has 1 atom stereocenters. The maximum absolute atomic E-state index is 10.7. The fraction of sp³-hybridized carbons (Fsp3) is 0.500. The molecule has 2 N–H and O–H groups in total. The first-order chi connectivity index (χ1) is 8.15. The van der Waals surface area contributed by atoms with E-state index in [1.165, 1.54) is 6.07 Å². The standard InChI is InChI=1S/C12H17N3O2/c13-11-4-2-6-14(9-11)8-10-3-1-5-12(7-10)15(16)17/h1,3,5,7,11H,2,4,6,8-9,13H2. The zero-order valence-corrected chi connectivity index (χ0v) is 9.71. The number of likely N-dealkylation sites (tertiary alicyclic amines) is 1. The van der Waals surface area contributed by atoms with Crippen LogP contribution in [-0.2, 0) is 6.54 Å². The predicted octanol–water partition coefficient (Wildman–Crippen LogP) is 1.52. The van der Waals surface area contributed by atoms with E-state index in [1.54, 1.807) is 12.1 Å². The molecule has 1 fully saturated rings. The van der Waals surface area contributed by atoms with Crippen molar-refractivity contribution in [2.24, 2.45) is 5.73 Å². The van der Waals surface area contributed by atoms with Crippen LogP contribution in [0, 0.1) is 10.1 Å². The number of nitrogens with zero attached hydrogens (tertiary/aromatic N) is 2. The Morgan fingerprint density at radius 1 is 1.53 bits per heavy atom. The first-order valence-corrected chi connectivity index (χ1v) is 5.86. The van der Waals surface area contributed by atoms with Crippen molar-refractivity contribution < 1.29 is 4.92 Å². The average molecular weight is 235 g/mol. The van der Waals surface area contributed by atoms with Crippen molar-refractivity contribution in [2.75, 3.05) is 13.1 Å². The lowest BCUT2D eigenvalue weighted by Crippen LogP contribution is -2.42.